The van der Waals surface area contributed by atoms with Crippen LogP contribution in [0.5, 0.6) is 0 Å². The predicted octanol–water partition coefficient (Wildman–Crippen LogP) is 3.71. The SMILES string of the molecule is O=C(CCS(=O)(=O)/C=C/c1ccc(Cl)cc1)N1CCC(N2C=CN3CCCCC32)CC1. The normalized spacial score (nSPS) is 22.4. The average Bonchev–Trinajstić information content (AvgIpc) is 3.21. The Bertz CT molecular complexity index is 937. The number of sulfone groups is 1. The van der Waals surface area contributed by atoms with E-state index < -0.39 is 9.84 Å². The lowest BCUT2D eigenvalue weighted by atomic mass is 10.0. The molecule has 8 heteroatoms. The van der Waals surface area contributed by atoms with Crippen molar-refractivity contribution in [3.63, 3.8) is 0 Å². The summed E-state index contributed by atoms with van der Waals surface area (Å²) in [6, 6.07) is 7.40. The molecule has 4 rings (SSSR count). The molecule has 2 saturated heterocycles. The Labute approximate surface area is 190 Å². The first-order valence-electron chi connectivity index (χ1n) is 11.1. The van der Waals surface area contributed by atoms with Crippen LogP contribution < -0.4 is 0 Å². The van der Waals surface area contributed by atoms with Crippen molar-refractivity contribution in [1.29, 1.82) is 0 Å². The van der Waals surface area contributed by atoms with Gasteiger partial charge in [-0.05, 0) is 55.9 Å². The molecule has 0 aliphatic carbocycles. The number of fused-ring (bicyclic) bond motifs is 1. The van der Waals surface area contributed by atoms with E-state index in [-0.39, 0.29) is 18.1 Å². The molecule has 1 unspecified atom stereocenters. The zero-order chi connectivity index (χ0) is 21.8. The number of likely N-dealkylation sites (tertiary alicyclic amines) is 1. The van der Waals surface area contributed by atoms with Gasteiger partial charge in [0.1, 0.15) is 6.17 Å². The molecule has 1 aromatic carbocycles. The molecule has 1 amide bonds. The maximum atomic E-state index is 12.6. The number of rotatable bonds is 6. The van der Waals surface area contributed by atoms with Crippen LogP contribution in [0.15, 0.2) is 42.1 Å². The van der Waals surface area contributed by atoms with Crippen LogP contribution in [0.25, 0.3) is 6.08 Å². The van der Waals surface area contributed by atoms with Crippen LogP contribution in [0.4, 0.5) is 0 Å². The molecule has 0 N–H and O–H groups in total. The molecule has 3 aliphatic heterocycles. The number of hydrogen-bond donors (Lipinski definition) is 0. The van der Waals surface area contributed by atoms with Crippen LogP contribution in [0.3, 0.4) is 0 Å². The van der Waals surface area contributed by atoms with Crippen molar-refractivity contribution < 1.29 is 13.2 Å². The lowest BCUT2D eigenvalue weighted by Crippen LogP contribution is -2.50. The first-order valence-corrected chi connectivity index (χ1v) is 13.2. The van der Waals surface area contributed by atoms with E-state index in [1.54, 1.807) is 30.3 Å². The topological polar surface area (TPSA) is 60.9 Å². The van der Waals surface area contributed by atoms with Crippen molar-refractivity contribution >= 4 is 33.4 Å². The van der Waals surface area contributed by atoms with Crippen LogP contribution in [-0.4, -0.2) is 66.6 Å². The Balaban J connectivity index is 1.23. The Hall–Kier alpha value is -1.99. The molecule has 1 aromatic rings. The van der Waals surface area contributed by atoms with E-state index in [1.165, 1.54) is 24.7 Å². The fraction of sp³-hybridized carbons (Fsp3) is 0.522. The molecule has 0 spiro atoms. The minimum atomic E-state index is -3.44. The molecule has 3 heterocycles. The number of benzene rings is 1. The Morgan fingerprint density at radius 3 is 2.52 bits per heavy atom. The lowest BCUT2D eigenvalue weighted by Gasteiger charge is -2.43. The van der Waals surface area contributed by atoms with Gasteiger partial charge in [0.05, 0.1) is 5.75 Å². The second-order valence-corrected chi connectivity index (χ2v) is 11.0. The van der Waals surface area contributed by atoms with E-state index >= 15 is 0 Å². The van der Waals surface area contributed by atoms with Crippen LogP contribution in [-0.2, 0) is 14.6 Å². The van der Waals surface area contributed by atoms with E-state index in [9.17, 15) is 13.2 Å². The van der Waals surface area contributed by atoms with E-state index in [0.29, 0.717) is 30.3 Å². The van der Waals surface area contributed by atoms with E-state index in [2.05, 4.69) is 22.2 Å². The summed E-state index contributed by atoms with van der Waals surface area (Å²) < 4.78 is 24.6. The summed E-state index contributed by atoms with van der Waals surface area (Å²) in [6.07, 6.45) is 12.1. The first kappa shape index (κ1) is 22.2. The zero-order valence-electron chi connectivity index (χ0n) is 17.7. The molecule has 0 aromatic heterocycles. The van der Waals surface area contributed by atoms with Gasteiger partial charge in [-0.25, -0.2) is 8.42 Å². The molecule has 0 radical (unpaired) electrons. The van der Waals surface area contributed by atoms with Crippen LogP contribution >= 0.6 is 11.6 Å². The molecule has 0 bridgehead atoms. The number of nitrogens with zero attached hydrogens (tertiary/aromatic N) is 3. The summed E-state index contributed by atoms with van der Waals surface area (Å²) in [5.74, 6) is -0.236. The monoisotopic (exact) mass is 463 g/mol. The molecule has 0 saturated carbocycles. The Morgan fingerprint density at radius 2 is 1.77 bits per heavy atom. The smallest absolute Gasteiger partial charge is 0.223 e. The predicted molar refractivity (Wildman–Crippen MR) is 124 cm³/mol. The highest BCUT2D eigenvalue weighted by molar-refractivity contribution is 7.94. The van der Waals surface area contributed by atoms with Gasteiger partial charge in [0.15, 0.2) is 9.84 Å². The van der Waals surface area contributed by atoms with Crippen molar-refractivity contribution in [1.82, 2.24) is 14.7 Å². The largest absolute Gasteiger partial charge is 0.356 e. The van der Waals surface area contributed by atoms with Crippen molar-refractivity contribution in [3.8, 4) is 0 Å². The van der Waals surface area contributed by atoms with Gasteiger partial charge < -0.3 is 14.7 Å². The van der Waals surface area contributed by atoms with Gasteiger partial charge in [0.25, 0.3) is 0 Å². The minimum absolute atomic E-state index is 0.0258. The zero-order valence-corrected chi connectivity index (χ0v) is 19.3. The van der Waals surface area contributed by atoms with E-state index in [0.717, 1.165) is 24.9 Å². The quantitative estimate of drug-likeness (QED) is 0.643. The van der Waals surface area contributed by atoms with Gasteiger partial charge in [-0.2, -0.15) is 0 Å². The summed E-state index contributed by atoms with van der Waals surface area (Å²) in [6.45, 7) is 2.53. The number of amides is 1. The van der Waals surface area contributed by atoms with Crippen LogP contribution in [0.2, 0.25) is 5.02 Å². The molecular weight excluding hydrogens is 434 g/mol. The first-order chi connectivity index (χ1) is 14.9. The maximum absolute atomic E-state index is 12.6. The fourth-order valence-corrected chi connectivity index (χ4v) is 5.77. The third-order valence-electron chi connectivity index (χ3n) is 6.46. The highest BCUT2D eigenvalue weighted by Gasteiger charge is 2.35. The fourth-order valence-electron chi connectivity index (χ4n) is 4.68. The van der Waals surface area contributed by atoms with Gasteiger partial charge in [-0.3, -0.25) is 4.79 Å². The van der Waals surface area contributed by atoms with Gasteiger partial charge in [-0.15, -0.1) is 0 Å². The molecule has 6 nitrogen and oxygen atoms in total. The number of hydrogen-bond acceptors (Lipinski definition) is 5. The summed E-state index contributed by atoms with van der Waals surface area (Å²) in [5.41, 5.74) is 0.758. The number of halogens is 1. The molecular formula is C23H30ClN3O3S. The van der Waals surface area contributed by atoms with E-state index in [4.69, 9.17) is 11.6 Å². The lowest BCUT2D eigenvalue weighted by molar-refractivity contribution is -0.132. The van der Waals surface area contributed by atoms with E-state index in [1.807, 2.05) is 4.90 Å². The van der Waals surface area contributed by atoms with Crippen molar-refractivity contribution in [2.24, 2.45) is 0 Å². The van der Waals surface area contributed by atoms with Gasteiger partial charge in [-0.1, -0.05) is 23.7 Å². The number of piperidine rings is 2. The third kappa shape index (κ3) is 5.63. The van der Waals surface area contributed by atoms with Crippen LogP contribution in [0.1, 0.15) is 44.1 Å². The van der Waals surface area contributed by atoms with Crippen molar-refractivity contribution in [2.45, 2.75) is 50.7 Å². The number of carbonyl (C=O) groups excluding carboxylic acids is 1. The summed E-state index contributed by atoms with van der Waals surface area (Å²) >= 11 is 5.84. The Morgan fingerprint density at radius 1 is 1.03 bits per heavy atom. The summed E-state index contributed by atoms with van der Waals surface area (Å²) in [4.78, 5) is 19.3. The molecule has 168 valence electrons. The van der Waals surface area contributed by atoms with Crippen molar-refractivity contribution in [2.75, 3.05) is 25.4 Å². The van der Waals surface area contributed by atoms with Gasteiger partial charge in [0.2, 0.25) is 5.91 Å². The maximum Gasteiger partial charge on any atom is 0.223 e. The second kappa shape index (κ2) is 9.65. The molecule has 31 heavy (non-hydrogen) atoms. The summed E-state index contributed by atoms with van der Waals surface area (Å²) in [7, 11) is -3.44. The minimum Gasteiger partial charge on any atom is -0.356 e. The number of carbonyl (C=O) groups is 1. The van der Waals surface area contributed by atoms with Gasteiger partial charge >= 0.3 is 0 Å². The highest BCUT2D eigenvalue weighted by atomic mass is 35.5. The molecule has 3 aliphatic rings. The molecule has 1 atom stereocenters. The standard InChI is InChI=1S/C23H30ClN3O3S/c24-20-6-4-19(5-7-20)10-17-31(29,30)18-11-23(28)26-13-8-21(9-14-26)27-16-15-25-12-2-1-3-22(25)27/h4-7,10,15-17,21-22H,1-3,8-9,11-14,18H2/b17-10+. The molecule has 2 fully saturated rings. The summed E-state index contributed by atoms with van der Waals surface area (Å²) in [5, 5.41) is 1.79. The van der Waals surface area contributed by atoms with Crippen LogP contribution in [0, 0.1) is 0 Å². The van der Waals surface area contributed by atoms with Gasteiger partial charge in [0, 0.05) is 54.9 Å². The average molecular weight is 464 g/mol. The second-order valence-electron chi connectivity index (χ2n) is 8.54. The van der Waals surface area contributed by atoms with Crippen molar-refractivity contribution in [3.05, 3.63) is 52.7 Å². The highest BCUT2D eigenvalue weighted by Crippen LogP contribution is 2.30. The Kier molecular flexibility index (Phi) is 6.92. The third-order valence-corrected chi connectivity index (χ3v) is 8.04.